The van der Waals surface area contributed by atoms with Crippen LogP contribution in [0.15, 0.2) is 18.2 Å². The second-order valence-corrected chi connectivity index (χ2v) is 9.39. The Morgan fingerprint density at radius 3 is 2.84 bits per heavy atom. The molecule has 0 radical (unpaired) electrons. The van der Waals surface area contributed by atoms with Crippen LogP contribution < -0.4 is 5.32 Å². The van der Waals surface area contributed by atoms with Crippen LogP contribution in [0, 0.1) is 0 Å². The third-order valence-electron chi connectivity index (χ3n) is 5.75. The van der Waals surface area contributed by atoms with Crippen molar-refractivity contribution in [3.8, 4) is 0 Å². The largest absolute Gasteiger partial charge is 0.385 e. The van der Waals surface area contributed by atoms with Crippen LogP contribution in [0.2, 0.25) is 0 Å². The number of anilines is 1. The number of carbonyl (C=O) groups is 1. The predicted molar refractivity (Wildman–Crippen MR) is 97.8 cm³/mol. The summed E-state index contributed by atoms with van der Waals surface area (Å²) in [5.41, 5.74) is 2.97. The third kappa shape index (κ3) is 3.04. The molecule has 136 valence electrons. The highest BCUT2D eigenvalue weighted by Gasteiger charge is 2.47. The van der Waals surface area contributed by atoms with Gasteiger partial charge in [0.25, 0.3) is 5.91 Å². The van der Waals surface area contributed by atoms with E-state index in [1.807, 2.05) is 18.2 Å². The Morgan fingerprint density at radius 1 is 1.24 bits per heavy atom. The van der Waals surface area contributed by atoms with Gasteiger partial charge in [-0.3, -0.25) is 9.69 Å². The number of carbonyl (C=O) groups excluding carboxylic acids is 1. The Labute approximate surface area is 149 Å². The summed E-state index contributed by atoms with van der Waals surface area (Å²) in [6.07, 6.45) is 2.05. The molecule has 2 atom stereocenters. The smallest absolute Gasteiger partial charge is 0.254 e. The van der Waals surface area contributed by atoms with Gasteiger partial charge in [0.1, 0.15) is 0 Å². The molecule has 3 aliphatic rings. The Morgan fingerprint density at radius 2 is 2.04 bits per heavy atom. The van der Waals surface area contributed by atoms with E-state index in [4.69, 9.17) is 0 Å². The second kappa shape index (κ2) is 6.29. The van der Waals surface area contributed by atoms with E-state index in [1.54, 1.807) is 4.90 Å². The lowest BCUT2D eigenvalue weighted by Crippen LogP contribution is -2.60. The second-order valence-electron chi connectivity index (χ2n) is 7.24. The Kier molecular flexibility index (Phi) is 4.24. The number of sulfone groups is 1. The number of aryl methyl sites for hydroxylation is 1. The molecule has 7 heteroatoms. The highest BCUT2D eigenvalue weighted by molar-refractivity contribution is 7.91. The van der Waals surface area contributed by atoms with Crippen molar-refractivity contribution in [3.05, 3.63) is 29.3 Å². The van der Waals surface area contributed by atoms with Crippen LogP contribution in [0.4, 0.5) is 5.69 Å². The zero-order chi connectivity index (χ0) is 17.6. The van der Waals surface area contributed by atoms with Crippen molar-refractivity contribution in [3.63, 3.8) is 0 Å². The summed E-state index contributed by atoms with van der Waals surface area (Å²) in [7, 11) is -3.08. The maximum absolute atomic E-state index is 13.1. The summed E-state index contributed by atoms with van der Waals surface area (Å²) >= 11 is 0. The summed E-state index contributed by atoms with van der Waals surface area (Å²) in [6, 6.07) is 5.54. The van der Waals surface area contributed by atoms with Crippen molar-refractivity contribution in [2.45, 2.75) is 31.8 Å². The Hall–Kier alpha value is -1.60. The van der Waals surface area contributed by atoms with Crippen molar-refractivity contribution >= 4 is 21.4 Å². The maximum Gasteiger partial charge on any atom is 0.254 e. The zero-order valence-electron chi connectivity index (χ0n) is 14.6. The van der Waals surface area contributed by atoms with Crippen molar-refractivity contribution in [2.24, 2.45) is 0 Å². The summed E-state index contributed by atoms with van der Waals surface area (Å²) in [5.74, 6) is 0.228. The Bertz CT molecular complexity index is 793. The highest BCUT2D eigenvalue weighted by atomic mass is 32.2. The molecule has 0 unspecified atom stereocenters. The number of nitrogens with zero attached hydrogens (tertiary/aromatic N) is 2. The number of rotatable bonds is 2. The number of likely N-dealkylation sites (N-methyl/N-ethyl adjacent to an activating group) is 1. The molecule has 6 nitrogen and oxygen atoms in total. The molecule has 4 rings (SSSR count). The molecule has 1 aromatic carbocycles. The maximum atomic E-state index is 13.1. The average molecular weight is 363 g/mol. The van der Waals surface area contributed by atoms with Gasteiger partial charge in [-0.15, -0.1) is 0 Å². The van der Waals surface area contributed by atoms with Crippen molar-refractivity contribution in [1.82, 2.24) is 9.80 Å². The molecule has 1 aromatic rings. The van der Waals surface area contributed by atoms with Crippen molar-refractivity contribution in [1.29, 1.82) is 0 Å². The fourth-order valence-corrected chi connectivity index (χ4v) is 6.46. The van der Waals surface area contributed by atoms with E-state index < -0.39 is 9.84 Å². The van der Waals surface area contributed by atoms with Crippen LogP contribution in [-0.2, 0) is 16.3 Å². The molecule has 0 aromatic heterocycles. The lowest BCUT2D eigenvalue weighted by molar-refractivity contribution is 0.0349. The fraction of sp³-hybridized carbons (Fsp3) is 0.611. The van der Waals surface area contributed by atoms with Gasteiger partial charge in [-0.1, -0.05) is 6.92 Å². The van der Waals surface area contributed by atoms with Gasteiger partial charge in [-0.25, -0.2) is 8.42 Å². The molecule has 1 N–H and O–H groups in total. The predicted octanol–water partition coefficient (Wildman–Crippen LogP) is 0.988. The van der Waals surface area contributed by atoms with E-state index in [0.29, 0.717) is 12.1 Å². The lowest BCUT2D eigenvalue weighted by atomic mass is 9.98. The number of piperazine rings is 1. The number of benzene rings is 1. The quantitative estimate of drug-likeness (QED) is 0.849. The number of hydrogen-bond donors (Lipinski definition) is 1. The molecular formula is C18H25N3O3S. The minimum Gasteiger partial charge on any atom is -0.385 e. The first-order valence-corrected chi connectivity index (χ1v) is 10.9. The van der Waals surface area contributed by atoms with Gasteiger partial charge in [-0.05, 0) is 43.1 Å². The van der Waals surface area contributed by atoms with Crippen LogP contribution in [-0.4, -0.2) is 73.9 Å². The molecule has 0 bridgehead atoms. The minimum atomic E-state index is -3.08. The molecule has 2 saturated heterocycles. The fourth-order valence-electron chi connectivity index (χ4n) is 4.44. The highest BCUT2D eigenvalue weighted by Crippen LogP contribution is 2.29. The molecule has 2 fully saturated rings. The normalized spacial score (nSPS) is 28.1. The first kappa shape index (κ1) is 16.8. The molecule has 1 amide bonds. The van der Waals surface area contributed by atoms with Crippen LogP contribution in [0.1, 0.15) is 29.3 Å². The monoisotopic (exact) mass is 363 g/mol. The van der Waals surface area contributed by atoms with Gasteiger partial charge in [0.2, 0.25) is 0 Å². The van der Waals surface area contributed by atoms with Gasteiger partial charge in [-0.2, -0.15) is 0 Å². The molecule has 0 spiro atoms. The third-order valence-corrected chi connectivity index (χ3v) is 7.45. The van der Waals surface area contributed by atoms with Gasteiger partial charge < -0.3 is 10.2 Å². The van der Waals surface area contributed by atoms with E-state index in [9.17, 15) is 13.2 Å². The molecule has 0 saturated carbocycles. The van der Waals surface area contributed by atoms with Gasteiger partial charge in [0, 0.05) is 36.9 Å². The average Bonchev–Trinajstić information content (AvgIpc) is 2.94. The SMILES string of the molecule is CCN1CCN(C(=O)c2ccc3c(c2)CCCN3)[C@H]2CS(=O)(=O)C[C@H]21. The van der Waals surface area contributed by atoms with E-state index in [1.165, 1.54) is 5.56 Å². The standard InChI is InChI=1S/C18H25N3O3S/c1-2-20-8-9-21(17-12-25(23,24)11-16(17)20)18(22)14-5-6-15-13(10-14)4-3-7-19-15/h5-6,10,16-17,19H,2-4,7-9,11-12H2,1H3/t16-,17+/m1/s1. The van der Waals surface area contributed by atoms with Crippen LogP contribution in [0.5, 0.6) is 0 Å². The summed E-state index contributed by atoms with van der Waals surface area (Å²) < 4.78 is 24.4. The first-order valence-electron chi connectivity index (χ1n) is 9.11. The van der Waals surface area contributed by atoms with Gasteiger partial charge >= 0.3 is 0 Å². The van der Waals surface area contributed by atoms with Crippen molar-refractivity contribution < 1.29 is 13.2 Å². The van der Waals surface area contributed by atoms with Gasteiger partial charge in [0.05, 0.1) is 17.5 Å². The molecule has 0 aliphatic carbocycles. The van der Waals surface area contributed by atoms with Crippen LogP contribution in [0.25, 0.3) is 0 Å². The topological polar surface area (TPSA) is 69.7 Å². The number of amides is 1. The number of fused-ring (bicyclic) bond motifs is 2. The van der Waals surface area contributed by atoms with Crippen LogP contribution in [0.3, 0.4) is 0 Å². The number of hydrogen-bond acceptors (Lipinski definition) is 5. The van der Waals surface area contributed by atoms with E-state index >= 15 is 0 Å². The van der Waals surface area contributed by atoms with E-state index in [-0.39, 0.29) is 29.5 Å². The first-order chi connectivity index (χ1) is 12.0. The summed E-state index contributed by atoms with van der Waals surface area (Å²) in [5, 5.41) is 3.36. The van der Waals surface area contributed by atoms with E-state index in [2.05, 4.69) is 17.1 Å². The number of nitrogens with one attached hydrogen (secondary N) is 1. The summed E-state index contributed by atoms with van der Waals surface area (Å²) in [6.45, 7) is 5.18. The van der Waals surface area contributed by atoms with Crippen molar-refractivity contribution in [2.75, 3.05) is 43.0 Å². The van der Waals surface area contributed by atoms with Crippen LogP contribution >= 0.6 is 0 Å². The van der Waals surface area contributed by atoms with Gasteiger partial charge in [0.15, 0.2) is 9.84 Å². The van der Waals surface area contributed by atoms with E-state index in [0.717, 1.165) is 38.2 Å². The Balaban J connectivity index is 1.61. The molecule has 25 heavy (non-hydrogen) atoms. The zero-order valence-corrected chi connectivity index (χ0v) is 15.4. The lowest BCUT2D eigenvalue weighted by Gasteiger charge is -2.43. The molecular weight excluding hydrogens is 338 g/mol. The molecule has 3 aliphatic heterocycles. The minimum absolute atomic E-state index is 0.0313. The summed E-state index contributed by atoms with van der Waals surface area (Å²) in [4.78, 5) is 17.1. The molecule has 3 heterocycles.